The highest BCUT2D eigenvalue weighted by molar-refractivity contribution is 6.39. The number of benzene rings is 2. The van der Waals surface area contributed by atoms with Crippen LogP contribution in [0.2, 0.25) is 15.1 Å². The van der Waals surface area contributed by atoms with Gasteiger partial charge in [-0.1, -0.05) is 46.9 Å². The second-order valence-electron chi connectivity index (χ2n) is 7.26. The van der Waals surface area contributed by atoms with E-state index in [0.29, 0.717) is 32.5 Å². The Kier molecular flexibility index (Phi) is 6.55. The molecule has 32 heavy (non-hydrogen) atoms. The lowest BCUT2D eigenvalue weighted by molar-refractivity contribution is -0.123. The number of carbonyl (C=O) groups is 1. The van der Waals surface area contributed by atoms with Crippen LogP contribution < -0.4 is 10.1 Å². The van der Waals surface area contributed by atoms with Crippen molar-refractivity contribution in [3.8, 4) is 5.75 Å². The van der Waals surface area contributed by atoms with Gasteiger partial charge in [0.15, 0.2) is 12.4 Å². The molecule has 0 unspecified atom stereocenters. The number of carbonyl (C=O) groups excluding carboxylic acids is 1. The molecule has 2 aromatic carbocycles. The highest BCUT2D eigenvalue weighted by Crippen LogP contribution is 2.37. The van der Waals surface area contributed by atoms with Gasteiger partial charge in [-0.3, -0.25) is 4.79 Å². The Labute approximate surface area is 200 Å². The van der Waals surface area contributed by atoms with Crippen molar-refractivity contribution in [2.45, 2.75) is 13.0 Å². The third kappa shape index (κ3) is 4.67. The smallest absolute Gasteiger partial charge is 0.258 e. The first kappa shape index (κ1) is 22.4. The number of halogens is 3. The molecule has 2 heterocycles. The molecule has 164 valence electrons. The third-order valence-electron chi connectivity index (χ3n) is 4.95. The van der Waals surface area contributed by atoms with Crippen molar-refractivity contribution in [3.63, 3.8) is 0 Å². The summed E-state index contributed by atoms with van der Waals surface area (Å²) in [5.41, 5.74) is 2.13. The summed E-state index contributed by atoms with van der Waals surface area (Å²) >= 11 is 18.7. The first-order chi connectivity index (χ1) is 15.3. The summed E-state index contributed by atoms with van der Waals surface area (Å²) in [6, 6.07) is 12.0. The van der Waals surface area contributed by atoms with E-state index in [2.05, 4.69) is 15.3 Å². The number of rotatable bonds is 6. The summed E-state index contributed by atoms with van der Waals surface area (Å²) in [4.78, 5) is 21.7. The molecule has 2 aromatic heterocycles. The number of aryl methyl sites for hydroxylation is 2. The monoisotopic (exact) mass is 488 g/mol. The molecule has 0 bridgehead atoms. The van der Waals surface area contributed by atoms with E-state index in [9.17, 15) is 4.79 Å². The van der Waals surface area contributed by atoms with E-state index >= 15 is 0 Å². The van der Waals surface area contributed by atoms with Gasteiger partial charge < -0.3 is 14.6 Å². The van der Waals surface area contributed by atoms with Crippen molar-refractivity contribution in [3.05, 3.63) is 87.0 Å². The van der Waals surface area contributed by atoms with Gasteiger partial charge in [-0.05, 0) is 42.8 Å². The third-order valence-corrected chi connectivity index (χ3v) is 5.80. The van der Waals surface area contributed by atoms with E-state index < -0.39 is 6.04 Å². The summed E-state index contributed by atoms with van der Waals surface area (Å²) in [6.45, 7) is 1.59. The van der Waals surface area contributed by atoms with Crippen LogP contribution in [0.25, 0.3) is 10.9 Å². The van der Waals surface area contributed by atoms with Gasteiger partial charge in [0.05, 0.1) is 10.0 Å². The van der Waals surface area contributed by atoms with E-state index in [-0.39, 0.29) is 17.5 Å². The van der Waals surface area contributed by atoms with Gasteiger partial charge in [-0.25, -0.2) is 9.97 Å². The Balaban J connectivity index is 1.58. The van der Waals surface area contributed by atoms with Gasteiger partial charge >= 0.3 is 0 Å². The Hall–Kier alpha value is -2.80. The quantitative estimate of drug-likeness (QED) is 0.387. The number of fused-ring (bicyclic) bond motifs is 1. The Bertz CT molecular complexity index is 1290. The molecule has 0 aliphatic carbocycles. The van der Waals surface area contributed by atoms with Crippen molar-refractivity contribution >= 4 is 51.6 Å². The number of aromatic nitrogens is 3. The SMILES string of the molecule is Cc1ccc2c(Cl)cc(Cl)c(OCC(=O)N[C@@H](c3ccc(Cl)cc3)c3nccn3C)c2n1. The molecular weight excluding hydrogens is 471 g/mol. The molecule has 9 heteroatoms. The maximum absolute atomic E-state index is 12.9. The zero-order chi connectivity index (χ0) is 22.8. The number of hydrogen-bond donors (Lipinski definition) is 1. The van der Waals surface area contributed by atoms with Crippen LogP contribution in [0.5, 0.6) is 5.75 Å². The van der Waals surface area contributed by atoms with Crippen LogP contribution >= 0.6 is 34.8 Å². The molecule has 4 rings (SSSR count). The summed E-state index contributed by atoms with van der Waals surface area (Å²) in [6.07, 6.45) is 3.49. The lowest BCUT2D eigenvalue weighted by Gasteiger charge is -2.20. The van der Waals surface area contributed by atoms with Gasteiger partial charge in [0.2, 0.25) is 0 Å². The Morgan fingerprint density at radius 2 is 1.88 bits per heavy atom. The molecular formula is C23H19Cl3N4O2. The molecule has 1 atom stereocenters. The summed E-state index contributed by atoms with van der Waals surface area (Å²) in [5, 5.41) is 5.03. The topological polar surface area (TPSA) is 69.0 Å². The van der Waals surface area contributed by atoms with Gasteiger partial charge in [-0.2, -0.15) is 0 Å². The summed E-state index contributed by atoms with van der Waals surface area (Å²) in [5.74, 6) is 0.637. The minimum atomic E-state index is -0.485. The highest BCUT2D eigenvalue weighted by Gasteiger charge is 2.22. The van der Waals surface area contributed by atoms with E-state index in [0.717, 1.165) is 11.3 Å². The molecule has 0 spiro atoms. The predicted octanol–water partition coefficient (Wildman–Crippen LogP) is 5.52. The lowest BCUT2D eigenvalue weighted by atomic mass is 10.1. The summed E-state index contributed by atoms with van der Waals surface area (Å²) < 4.78 is 7.66. The standard InChI is InChI=1S/C23H19Cl3N4O2/c1-13-3-8-16-17(25)11-18(26)22(21(16)28-13)32-12-19(31)29-20(23-27-9-10-30(23)2)14-4-6-15(24)7-5-14/h3-11,20H,12H2,1-2H3,(H,29,31)/t20-/m0/s1. The van der Waals surface area contributed by atoms with Crippen molar-refractivity contribution in [2.75, 3.05) is 6.61 Å². The normalized spacial score (nSPS) is 12.0. The van der Waals surface area contributed by atoms with E-state index in [4.69, 9.17) is 39.5 Å². The molecule has 6 nitrogen and oxygen atoms in total. The largest absolute Gasteiger partial charge is 0.480 e. The fraction of sp³-hybridized carbons (Fsp3) is 0.174. The van der Waals surface area contributed by atoms with Crippen LogP contribution in [-0.2, 0) is 11.8 Å². The summed E-state index contributed by atoms with van der Waals surface area (Å²) in [7, 11) is 1.86. The minimum Gasteiger partial charge on any atom is -0.480 e. The van der Waals surface area contributed by atoms with Crippen LogP contribution in [0, 0.1) is 6.92 Å². The lowest BCUT2D eigenvalue weighted by Crippen LogP contribution is -2.34. The molecule has 0 saturated heterocycles. The van der Waals surface area contributed by atoms with E-state index in [1.165, 1.54) is 0 Å². The highest BCUT2D eigenvalue weighted by atomic mass is 35.5. The second-order valence-corrected chi connectivity index (χ2v) is 8.51. The first-order valence-corrected chi connectivity index (χ1v) is 10.9. The molecule has 1 amide bonds. The van der Waals surface area contributed by atoms with Gasteiger partial charge in [0.25, 0.3) is 5.91 Å². The minimum absolute atomic E-state index is 0.263. The van der Waals surface area contributed by atoms with E-state index in [1.807, 2.05) is 49.0 Å². The zero-order valence-electron chi connectivity index (χ0n) is 17.3. The number of nitrogens with one attached hydrogen (secondary N) is 1. The number of amides is 1. The number of nitrogens with zero attached hydrogens (tertiary/aromatic N) is 3. The zero-order valence-corrected chi connectivity index (χ0v) is 19.5. The Morgan fingerprint density at radius 1 is 1.12 bits per heavy atom. The fourth-order valence-corrected chi connectivity index (χ4v) is 4.07. The average molecular weight is 490 g/mol. The second kappa shape index (κ2) is 9.36. The van der Waals surface area contributed by atoms with Crippen LogP contribution in [-0.4, -0.2) is 27.0 Å². The Morgan fingerprint density at radius 3 is 2.56 bits per heavy atom. The molecule has 0 aliphatic heterocycles. The maximum atomic E-state index is 12.9. The van der Waals surface area contributed by atoms with E-state index in [1.54, 1.807) is 24.4 Å². The molecule has 0 radical (unpaired) electrons. The van der Waals surface area contributed by atoms with Crippen molar-refractivity contribution in [1.82, 2.24) is 19.9 Å². The first-order valence-electron chi connectivity index (χ1n) is 9.73. The van der Waals surface area contributed by atoms with Crippen LogP contribution in [0.1, 0.15) is 23.1 Å². The van der Waals surface area contributed by atoms with Crippen molar-refractivity contribution in [2.24, 2.45) is 7.05 Å². The number of pyridine rings is 1. The number of ether oxygens (including phenoxy) is 1. The molecule has 0 saturated carbocycles. The average Bonchev–Trinajstić information content (AvgIpc) is 3.18. The van der Waals surface area contributed by atoms with Crippen LogP contribution in [0.15, 0.2) is 54.9 Å². The molecule has 4 aromatic rings. The maximum Gasteiger partial charge on any atom is 0.258 e. The van der Waals surface area contributed by atoms with Gasteiger partial charge in [0, 0.05) is 35.5 Å². The fourth-order valence-electron chi connectivity index (χ4n) is 3.38. The number of hydrogen-bond acceptors (Lipinski definition) is 4. The molecule has 0 aliphatic rings. The molecule has 0 fully saturated rings. The van der Waals surface area contributed by atoms with Crippen LogP contribution in [0.4, 0.5) is 0 Å². The molecule has 1 N–H and O–H groups in total. The van der Waals surface area contributed by atoms with Gasteiger partial charge in [0.1, 0.15) is 17.4 Å². The van der Waals surface area contributed by atoms with Crippen LogP contribution in [0.3, 0.4) is 0 Å². The number of imidazole rings is 1. The van der Waals surface area contributed by atoms with Crippen molar-refractivity contribution in [1.29, 1.82) is 0 Å². The van der Waals surface area contributed by atoms with Crippen molar-refractivity contribution < 1.29 is 9.53 Å². The predicted molar refractivity (Wildman–Crippen MR) is 127 cm³/mol. The van der Waals surface area contributed by atoms with Gasteiger partial charge in [-0.15, -0.1) is 0 Å².